The lowest BCUT2D eigenvalue weighted by Crippen LogP contribution is -2.64. The van der Waals surface area contributed by atoms with Crippen molar-refractivity contribution in [1.82, 2.24) is 0 Å². The molecule has 2 aliphatic rings. The normalized spacial score (nSPS) is 43.8. The SMILES string of the molecule is C/C=C/[C@@H](O)[C@@H](N)CO[C@@H]1O[C@H](CO)[C@@H](O[C@@H]2OC(CO)[C@H](O)C(O)C2O)C(O)C1O. The highest BCUT2D eigenvalue weighted by Crippen LogP contribution is 2.29. The lowest BCUT2D eigenvalue weighted by atomic mass is 9.97. The molecule has 0 radical (unpaired) electrons. The van der Waals surface area contributed by atoms with E-state index in [0.29, 0.717) is 0 Å². The van der Waals surface area contributed by atoms with Gasteiger partial charge in [0.25, 0.3) is 0 Å². The molecule has 182 valence electrons. The topological polar surface area (TPSA) is 225 Å². The van der Waals surface area contributed by atoms with Gasteiger partial charge in [-0.15, -0.1) is 0 Å². The Labute approximate surface area is 178 Å². The molecule has 0 spiro atoms. The number of aliphatic hydroxyl groups is 8. The van der Waals surface area contributed by atoms with Gasteiger partial charge in [0.05, 0.1) is 32.0 Å². The van der Waals surface area contributed by atoms with Gasteiger partial charge in [-0.1, -0.05) is 12.2 Å². The Hall–Kier alpha value is -0.780. The summed E-state index contributed by atoms with van der Waals surface area (Å²) >= 11 is 0. The van der Waals surface area contributed by atoms with Gasteiger partial charge in [-0.3, -0.25) is 0 Å². The van der Waals surface area contributed by atoms with E-state index < -0.39 is 86.8 Å². The zero-order chi connectivity index (χ0) is 23.3. The number of hydrogen-bond acceptors (Lipinski definition) is 13. The highest BCUT2D eigenvalue weighted by Gasteiger charge is 2.50. The second kappa shape index (κ2) is 11.9. The van der Waals surface area contributed by atoms with Crippen LogP contribution in [-0.4, -0.2) is 134 Å². The molecule has 13 heteroatoms. The molecular formula is C18H33NO12. The summed E-state index contributed by atoms with van der Waals surface area (Å²) in [5.41, 5.74) is 5.78. The van der Waals surface area contributed by atoms with Gasteiger partial charge in [-0.25, -0.2) is 0 Å². The number of ether oxygens (including phenoxy) is 4. The van der Waals surface area contributed by atoms with Crippen LogP contribution in [0.15, 0.2) is 12.2 Å². The van der Waals surface area contributed by atoms with Crippen molar-refractivity contribution in [1.29, 1.82) is 0 Å². The molecule has 10 N–H and O–H groups in total. The lowest BCUT2D eigenvalue weighted by molar-refractivity contribution is -0.359. The van der Waals surface area contributed by atoms with Crippen molar-refractivity contribution < 1.29 is 59.8 Å². The maximum absolute atomic E-state index is 10.5. The van der Waals surface area contributed by atoms with Gasteiger partial charge >= 0.3 is 0 Å². The minimum Gasteiger partial charge on any atom is -0.394 e. The van der Waals surface area contributed by atoms with E-state index in [9.17, 15) is 40.9 Å². The second-order valence-electron chi connectivity index (χ2n) is 7.52. The fourth-order valence-electron chi connectivity index (χ4n) is 3.34. The first kappa shape index (κ1) is 26.5. The molecule has 0 bridgehead atoms. The molecule has 13 nitrogen and oxygen atoms in total. The molecule has 2 fully saturated rings. The summed E-state index contributed by atoms with van der Waals surface area (Å²) in [4.78, 5) is 0. The predicted octanol–water partition coefficient (Wildman–Crippen LogP) is -5.11. The third-order valence-electron chi connectivity index (χ3n) is 5.24. The van der Waals surface area contributed by atoms with Crippen LogP contribution in [0.1, 0.15) is 6.92 Å². The predicted molar refractivity (Wildman–Crippen MR) is 101 cm³/mol. The molecule has 12 atom stereocenters. The minimum atomic E-state index is -1.75. The zero-order valence-corrected chi connectivity index (χ0v) is 17.0. The molecule has 2 aliphatic heterocycles. The van der Waals surface area contributed by atoms with Crippen LogP contribution in [0.5, 0.6) is 0 Å². The van der Waals surface area contributed by atoms with Gasteiger partial charge in [-0.05, 0) is 6.92 Å². The highest BCUT2D eigenvalue weighted by molar-refractivity contribution is 4.95. The van der Waals surface area contributed by atoms with Gasteiger partial charge in [0.1, 0.15) is 48.8 Å². The van der Waals surface area contributed by atoms with E-state index in [1.165, 1.54) is 6.08 Å². The first-order valence-electron chi connectivity index (χ1n) is 9.92. The summed E-state index contributed by atoms with van der Waals surface area (Å²) < 4.78 is 21.5. The Kier molecular flexibility index (Phi) is 10.2. The third kappa shape index (κ3) is 6.17. The van der Waals surface area contributed by atoms with Crippen molar-refractivity contribution in [2.75, 3.05) is 19.8 Å². The van der Waals surface area contributed by atoms with E-state index in [1.807, 2.05) is 0 Å². The van der Waals surface area contributed by atoms with Gasteiger partial charge in [0, 0.05) is 0 Å². The van der Waals surface area contributed by atoms with E-state index in [4.69, 9.17) is 24.7 Å². The van der Waals surface area contributed by atoms with Crippen molar-refractivity contribution in [3.63, 3.8) is 0 Å². The van der Waals surface area contributed by atoms with E-state index in [-0.39, 0.29) is 6.61 Å². The highest BCUT2D eigenvalue weighted by atomic mass is 16.7. The molecule has 0 aromatic heterocycles. The van der Waals surface area contributed by atoms with Crippen LogP contribution < -0.4 is 5.73 Å². The maximum Gasteiger partial charge on any atom is 0.187 e. The molecule has 31 heavy (non-hydrogen) atoms. The summed E-state index contributed by atoms with van der Waals surface area (Å²) in [6.07, 6.45) is -13.3. The number of aliphatic hydroxyl groups excluding tert-OH is 8. The molecular weight excluding hydrogens is 422 g/mol. The van der Waals surface area contributed by atoms with Crippen LogP contribution in [0, 0.1) is 0 Å². The molecule has 0 amide bonds. The minimum absolute atomic E-state index is 0.240. The largest absolute Gasteiger partial charge is 0.394 e. The summed E-state index contributed by atoms with van der Waals surface area (Å²) in [6.45, 7) is 0.0910. The molecule has 0 aromatic carbocycles. The third-order valence-corrected chi connectivity index (χ3v) is 5.24. The fourth-order valence-corrected chi connectivity index (χ4v) is 3.34. The maximum atomic E-state index is 10.5. The van der Waals surface area contributed by atoms with Crippen molar-refractivity contribution >= 4 is 0 Å². The van der Waals surface area contributed by atoms with Crippen molar-refractivity contribution in [3.8, 4) is 0 Å². The first-order chi connectivity index (χ1) is 14.7. The number of allylic oxidation sites excluding steroid dienone is 1. The molecule has 2 rings (SSSR count). The monoisotopic (exact) mass is 455 g/mol. The van der Waals surface area contributed by atoms with Crippen LogP contribution in [0.3, 0.4) is 0 Å². The van der Waals surface area contributed by atoms with Gasteiger partial charge in [0.2, 0.25) is 0 Å². The van der Waals surface area contributed by atoms with E-state index in [2.05, 4.69) is 0 Å². The smallest absolute Gasteiger partial charge is 0.187 e. The van der Waals surface area contributed by atoms with Crippen molar-refractivity contribution in [2.24, 2.45) is 5.73 Å². The standard InChI is InChI=1S/C18H33NO12/c1-2-3-8(22)7(19)6-28-17-15(27)13(25)16(10(5-21)30-17)31-18-14(26)12(24)11(23)9(4-20)29-18/h2-3,7-18,20-27H,4-6,19H2,1H3/b3-2+/t7-,8+,9?,10+,11-,12?,13?,14?,15?,16+,17+,18-/m0/s1. The van der Waals surface area contributed by atoms with Crippen LogP contribution in [0.25, 0.3) is 0 Å². The Morgan fingerprint density at radius 2 is 1.45 bits per heavy atom. The lowest BCUT2D eigenvalue weighted by Gasteiger charge is -2.46. The number of rotatable bonds is 9. The van der Waals surface area contributed by atoms with E-state index in [0.717, 1.165) is 0 Å². The molecule has 0 saturated carbocycles. The molecule has 0 aromatic rings. The van der Waals surface area contributed by atoms with Crippen molar-refractivity contribution in [2.45, 2.75) is 80.5 Å². The summed E-state index contributed by atoms with van der Waals surface area (Å²) in [7, 11) is 0. The average molecular weight is 455 g/mol. The fraction of sp³-hybridized carbons (Fsp3) is 0.889. The Morgan fingerprint density at radius 1 is 0.871 bits per heavy atom. The summed E-state index contributed by atoms with van der Waals surface area (Å²) in [6, 6.07) is -0.847. The quantitative estimate of drug-likeness (QED) is 0.148. The second-order valence-corrected chi connectivity index (χ2v) is 7.52. The van der Waals surface area contributed by atoms with Crippen LogP contribution in [-0.2, 0) is 18.9 Å². The van der Waals surface area contributed by atoms with Crippen LogP contribution in [0.4, 0.5) is 0 Å². The molecule has 2 saturated heterocycles. The van der Waals surface area contributed by atoms with Crippen LogP contribution in [0.2, 0.25) is 0 Å². The average Bonchev–Trinajstić information content (AvgIpc) is 2.76. The van der Waals surface area contributed by atoms with Gasteiger partial charge < -0.3 is 65.5 Å². The zero-order valence-electron chi connectivity index (χ0n) is 17.0. The van der Waals surface area contributed by atoms with E-state index >= 15 is 0 Å². The number of nitrogens with two attached hydrogens (primary N) is 1. The van der Waals surface area contributed by atoms with E-state index in [1.54, 1.807) is 13.0 Å². The first-order valence-corrected chi connectivity index (χ1v) is 9.92. The Balaban J connectivity index is 2.03. The Bertz CT molecular complexity index is 564. The molecule has 2 heterocycles. The van der Waals surface area contributed by atoms with Crippen molar-refractivity contribution in [3.05, 3.63) is 12.2 Å². The molecule has 5 unspecified atom stereocenters. The molecule has 0 aliphatic carbocycles. The summed E-state index contributed by atoms with van der Waals surface area (Å²) in [5.74, 6) is 0. The van der Waals surface area contributed by atoms with Crippen LogP contribution >= 0.6 is 0 Å². The van der Waals surface area contributed by atoms with Gasteiger partial charge in [-0.2, -0.15) is 0 Å². The van der Waals surface area contributed by atoms with Gasteiger partial charge in [0.15, 0.2) is 12.6 Å². The Morgan fingerprint density at radius 3 is 2.03 bits per heavy atom. The summed E-state index contributed by atoms with van der Waals surface area (Å²) in [5, 5.41) is 79.3. The number of hydrogen-bond donors (Lipinski definition) is 9.